The lowest BCUT2D eigenvalue weighted by Crippen LogP contribution is -2.28. The number of anilines is 1. The molecule has 142 valence electrons. The van der Waals surface area contributed by atoms with Crippen molar-refractivity contribution in [3.8, 4) is 11.5 Å². The molecule has 1 aromatic heterocycles. The standard InChI is InChI=1S/C20H23N3O4/c1-3-4-7-23(2)20(25)15-10-14(12-21-13-15)19(24)22-16-5-6-17-18(11-16)27-9-8-26-17/h5-6,10-13H,3-4,7-9H2,1-2H3,(H,22,24). The number of hydrogen-bond donors (Lipinski definition) is 1. The molecule has 0 fully saturated rings. The lowest BCUT2D eigenvalue weighted by molar-refractivity contribution is 0.0793. The van der Waals surface area contributed by atoms with E-state index in [0.717, 1.165) is 12.8 Å². The molecule has 0 spiro atoms. The zero-order valence-electron chi connectivity index (χ0n) is 15.5. The first-order valence-electron chi connectivity index (χ1n) is 9.00. The van der Waals surface area contributed by atoms with Gasteiger partial charge in [-0.05, 0) is 24.6 Å². The average molecular weight is 369 g/mol. The number of benzene rings is 1. The Morgan fingerprint density at radius 3 is 2.63 bits per heavy atom. The maximum atomic E-state index is 12.6. The van der Waals surface area contributed by atoms with E-state index in [9.17, 15) is 9.59 Å². The van der Waals surface area contributed by atoms with Crippen LogP contribution < -0.4 is 14.8 Å². The van der Waals surface area contributed by atoms with E-state index < -0.39 is 0 Å². The largest absolute Gasteiger partial charge is 0.486 e. The Morgan fingerprint density at radius 1 is 1.11 bits per heavy atom. The molecule has 2 amide bonds. The molecule has 0 bridgehead atoms. The van der Waals surface area contributed by atoms with Crippen molar-refractivity contribution in [1.29, 1.82) is 0 Å². The Bertz CT molecular complexity index is 838. The van der Waals surface area contributed by atoms with Crippen molar-refractivity contribution < 1.29 is 19.1 Å². The number of carbonyl (C=O) groups excluding carboxylic acids is 2. The van der Waals surface area contributed by atoms with Crippen LogP contribution in [0.15, 0.2) is 36.7 Å². The number of amides is 2. The molecule has 0 radical (unpaired) electrons. The summed E-state index contributed by atoms with van der Waals surface area (Å²) in [6.45, 7) is 3.73. The van der Waals surface area contributed by atoms with Gasteiger partial charge in [-0.15, -0.1) is 0 Å². The Balaban J connectivity index is 1.71. The van der Waals surface area contributed by atoms with Crippen molar-refractivity contribution in [3.63, 3.8) is 0 Å². The predicted octanol–water partition coefficient (Wildman–Crippen LogP) is 2.98. The molecule has 1 aromatic carbocycles. The van der Waals surface area contributed by atoms with Crippen LogP contribution in [0.5, 0.6) is 11.5 Å². The van der Waals surface area contributed by atoms with Crippen LogP contribution in [0, 0.1) is 0 Å². The van der Waals surface area contributed by atoms with Crippen LogP contribution in [-0.4, -0.2) is 48.5 Å². The lowest BCUT2D eigenvalue weighted by Gasteiger charge is -2.19. The third-order valence-corrected chi connectivity index (χ3v) is 4.24. The van der Waals surface area contributed by atoms with Gasteiger partial charge in [-0.25, -0.2) is 0 Å². The minimum Gasteiger partial charge on any atom is -0.486 e. The highest BCUT2D eigenvalue weighted by Gasteiger charge is 2.16. The van der Waals surface area contributed by atoms with E-state index >= 15 is 0 Å². The number of fused-ring (bicyclic) bond motifs is 1. The van der Waals surface area contributed by atoms with E-state index in [4.69, 9.17) is 9.47 Å². The Hall–Kier alpha value is -3.09. The Morgan fingerprint density at radius 2 is 1.85 bits per heavy atom. The van der Waals surface area contributed by atoms with E-state index in [1.807, 2.05) is 0 Å². The molecule has 0 unspecified atom stereocenters. The van der Waals surface area contributed by atoms with Gasteiger partial charge in [-0.2, -0.15) is 0 Å². The molecule has 1 aliphatic heterocycles. The summed E-state index contributed by atoms with van der Waals surface area (Å²) in [7, 11) is 1.75. The topological polar surface area (TPSA) is 80.8 Å². The maximum absolute atomic E-state index is 12.6. The molecule has 7 nitrogen and oxygen atoms in total. The van der Waals surface area contributed by atoms with Gasteiger partial charge in [0.2, 0.25) is 0 Å². The summed E-state index contributed by atoms with van der Waals surface area (Å²) in [5.41, 5.74) is 1.30. The fourth-order valence-corrected chi connectivity index (χ4v) is 2.72. The summed E-state index contributed by atoms with van der Waals surface area (Å²) in [6, 6.07) is 6.77. The summed E-state index contributed by atoms with van der Waals surface area (Å²) < 4.78 is 11.0. The van der Waals surface area contributed by atoms with Crippen LogP contribution in [0.1, 0.15) is 40.5 Å². The number of ether oxygens (including phenoxy) is 2. The second-order valence-corrected chi connectivity index (χ2v) is 6.36. The average Bonchev–Trinajstić information content (AvgIpc) is 2.71. The first kappa shape index (κ1) is 18.7. The fraction of sp³-hybridized carbons (Fsp3) is 0.350. The molecule has 2 aromatic rings. The van der Waals surface area contributed by atoms with E-state index in [1.165, 1.54) is 12.4 Å². The first-order chi connectivity index (χ1) is 13.1. The molecule has 0 atom stereocenters. The van der Waals surface area contributed by atoms with E-state index in [0.29, 0.717) is 48.1 Å². The zero-order chi connectivity index (χ0) is 19.2. The number of nitrogens with one attached hydrogen (secondary N) is 1. The normalized spacial score (nSPS) is 12.4. The highest BCUT2D eigenvalue weighted by Crippen LogP contribution is 2.32. The second kappa shape index (κ2) is 8.53. The highest BCUT2D eigenvalue weighted by molar-refractivity contribution is 6.06. The van der Waals surface area contributed by atoms with Crippen LogP contribution in [0.25, 0.3) is 0 Å². The number of hydrogen-bond acceptors (Lipinski definition) is 5. The number of aromatic nitrogens is 1. The van der Waals surface area contributed by atoms with Crippen LogP contribution >= 0.6 is 0 Å². The van der Waals surface area contributed by atoms with Crippen LogP contribution in [-0.2, 0) is 0 Å². The molecular formula is C20H23N3O4. The van der Waals surface area contributed by atoms with Crippen molar-refractivity contribution in [2.75, 3.05) is 32.1 Å². The molecule has 0 saturated heterocycles. The molecule has 1 aliphatic rings. The molecule has 0 aliphatic carbocycles. The molecule has 2 heterocycles. The van der Waals surface area contributed by atoms with E-state index in [-0.39, 0.29) is 11.8 Å². The number of pyridine rings is 1. The van der Waals surface area contributed by atoms with Gasteiger partial charge in [0.05, 0.1) is 11.1 Å². The van der Waals surface area contributed by atoms with Gasteiger partial charge in [0.15, 0.2) is 11.5 Å². The summed E-state index contributed by atoms with van der Waals surface area (Å²) in [4.78, 5) is 30.7. The van der Waals surface area contributed by atoms with Crippen LogP contribution in [0.4, 0.5) is 5.69 Å². The summed E-state index contributed by atoms with van der Waals surface area (Å²) in [5, 5.41) is 2.80. The summed E-state index contributed by atoms with van der Waals surface area (Å²) >= 11 is 0. The highest BCUT2D eigenvalue weighted by atomic mass is 16.6. The smallest absolute Gasteiger partial charge is 0.257 e. The maximum Gasteiger partial charge on any atom is 0.257 e. The van der Waals surface area contributed by atoms with Gasteiger partial charge in [-0.1, -0.05) is 13.3 Å². The third-order valence-electron chi connectivity index (χ3n) is 4.24. The first-order valence-corrected chi connectivity index (χ1v) is 9.00. The minimum absolute atomic E-state index is 0.148. The molecule has 27 heavy (non-hydrogen) atoms. The summed E-state index contributed by atoms with van der Waals surface area (Å²) in [6.07, 6.45) is 4.86. The van der Waals surface area contributed by atoms with Gasteiger partial charge in [0, 0.05) is 37.7 Å². The van der Waals surface area contributed by atoms with Crippen LogP contribution in [0.3, 0.4) is 0 Å². The lowest BCUT2D eigenvalue weighted by atomic mass is 10.1. The zero-order valence-corrected chi connectivity index (χ0v) is 15.5. The molecule has 0 saturated carbocycles. The Labute approximate surface area is 158 Å². The van der Waals surface area contributed by atoms with Gasteiger partial charge < -0.3 is 19.7 Å². The van der Waals surface area contributed by atoms with Crippen molar-refractivity contribution in [3.05, 3.63) is 47.8 Å². The van der Waals surface area contributed by atoms with E-state index in [2.05, 4.69) is 17.2 Å². The number of rotatable bonds is 6. The summed E-state index contributed by atoms with van der Waals surface area (Å²) in [5.74, 6) is 0.761. The quantitative estimate of drug-likeness (QED) is 0.847. The monoisotopic (exact) mass is 369 g/mol. The predicted molar refractivity (Wildman–Crippen MR) is 101 cm³/mol. The van der Waals surface area contributed by atoms with Crippen molar-refractivity contribution in [1.82, 2.24) is 9.88 Å². The van der Waals surface area contributed by atoms with Crippen molar-refractivity contribution in [2.45, 2.75) is 19.8 Å². The third kappa shape index (κ3) is 4.55. The minimum atomic E-state index is -0.343. The fourth-order valence-electron chi connectivity index (χ4n) is 2.72. The number of unbranched alkanes of at least 4 members (excludes halogenated alkanes) is 1. The second-order valence-electron chi connectivity index (χ2n) is 6.36. The van der Waals surface area contributed by atoms with Gasteiger partial charge >= 0.3 is 0 Å². The number of nitrogens with zero attached hydrogens (tertiary/aromatic N) is 2. The van der Waals surface area contributed by atoms with Gasteiger partial charge in [0.25, 0.3) is 11.8 Å². The van der Waals surface area contributed by atoms with Gasteiger partial charge in [-0.3, -0.25) is 14.6 Å². The SMILES string of the molecule is CCCCN(C)C(=O)c1cncc(C(=O)Nc2ccc3c(c2)OCCO3)c1. The van der Waals surface area contributed by atoms with Crippen molar-refractivity contribution in [2.24, 2.45) is 0 Å². The number of carbonyl (C=O) groups is 2. The van der Waals surface area contributed by atoms with E-state index in [1.54, 1.807) is 36.2 Å². The van der Waals surface area contributed by atoms with Crippen LogP contribution in [0.2, 0.25) is 0 Å². The Kier molecular flexibility index (Phi) is 5.90. The molecule has 7 heteroatoms. The van der Waals surface area contributed by atoms with Gasteiger partial charge in [0.1, 0.15) is 13.2 Å². The van der Waals surface area contributed by atoms with Crippen molar-refractivity contribution >= 4 is 17.5 Å². The molecule has 1 N–H and O–H groups in total. The molecular weight excluding hydrogens is 346 g/mol. The molecule has 3 rings (SSSR count).